The summed E-state index contributed by atoms with van der Waals surface area (Å²) in [5, 5.41) is 0. The fourth-order valence-electron chi connectivity index (χ4n) is 22.0. The van der Waals surface area contributed by atoms with Gasteiger partial charge in [0, 0.05) is 78.0 Å². The van der Waals surface area contributed by atoms with Crippen molar-refractivity contribution in [2.24, 2.45) is 100 Å². The van der Waals surface area contributed by atoms with E-state index in [2.05, 4.69) is 111 Å². The van der Waals surface area contributed by atoms with Crippen molar-refractivity contribution in [1.82, 2.24) is 19.6 Å². The van der Waals surface area contributed by atoms with Crippen molar-refractivity contribution in [2.75, 3.05) is 198 Å². The number of esters is 4. The predicted octanol–water partition coefficient (Wildman–Crippen LogP) is 10.2. The van der Waals surface area contributed by atoms with Crippen molar-refractivity contribution in [3.05, 3.63) is 0 Å². The first-order valence-corrected chi connectivity index (χ1v) is 51.9. The maximum Gasteiger partial charge on any atom is 0.312 e. The molecule has 12 aliphatic rings. The van der Waals surface area contributed by atoms with Gasteiger partial charge in [-0.1, -0.05) is 111 Å². The summed E-state index contributed by atoms with van der Waals surface area (Å²) in [5.74, 6) is -3.20. The van der Waals surface area contributed by atoms with E-state index in [9.17, 15) is 38.4 Å². The van der Waals surface area contributed by atoms with Crippen molar-refractivity contribution < 1.29 is 138 Å². The molecule has 28 atom stereocenters. The van der Waals surface area contributed by atoms with E-state index in [1.165, 1.54) is 0 Å². The highest BCUT2D eigenvalue weighted by molar-refractivity contribution is 5.87. The van der Waals surface area contributed by atoms with Crippen molar-refractivity contribution in [1.29, 1.82) is 0 Å². The van der Waals surface area contributed by atoms with Crippen LogP contribution in [0, 0.1) is 100 Å². The molecule has 0 aromatic carbocycles. The summed E-state index contributed by atoms with van der Waals surface area (Å²) in [6.07, 6.45) is 5.07. The van der Waals surface area contributed by atoms with Gasteiger partial charge in [-0.3, -0.25) is 38.4 Å². The van der Waals surface area contributed by atoms with E-state index in [0.717, 1.165) is 51.4 Å². The summed E-state index contributed by atoms with van der Waals surface area (Å²) < 4.78 is 128. The van der Waals surface area contributed by atoms with Gasteiger partial charge in [0.05, 0.1) is 221 Å². The van der Waals surface area contributed by atoms with Crippen LogP contribution in [0.1, 0.15) is 216 Å². The van der Waals surface area contributed by atoms with Crippen LogP contribution in [0.2, 0.25) is 0 Å². The minimum absolute atomic E-state index is 0.00636. The summed E-state index contributed by atoms with van der Waals surface area (Å²) >= 11 is 0. The van der Waals surface area contributed by atoms with Crippen molar-refractivity contribution >= 4 is 47.5 Å². The molecule has 33 nitrogen and oxygen atoms in total. The minimum atomic E-state index is -1.25. The summed E-state index contributed by atoms with van der Waals surface area (Å²) in [7, 11) is 0. The van der Waals surface area contributed by atoms with E-state index in [0.29, 0.717) is 153 Å². The minimum Gasteiger partial charge on any atom is -0.463 e. The van der Waals surface area contributed by atoms with Gasteiger partial charge in [0.25, 0.3) is 0 Å². The second-order valence-corrected chi connectivity index (χ2v) is 45.5. The van der Waals surface area contributed by atoms with Crippen LogP contribution < -0.4 is 0 Å². The number of carbonyl (C=O) groups is 8. The van der Waals surface area contributed by atoms with Crippen LogP contribution in [0.5, 0.6) is 0 Å². The number of rotatable bonds is 75. The van der Waals surface area contributed by atoms with Crippen molar-refractivity contribution in [3.8, 4) is 0 Å². The number of ether oxygens (including phenoxy) is 21. The number of hydrogen-bond donors (Lipinski definition) is 0. The van der Waals surface area contributed by atoms with Crippen LogP contribution in [-0.4, -0.2) is 360 Å². The molecule has 12 aliphatic heterocycles. The van der Waals surface area contributed by atoms with Gasteiger partial charge in [-0.2, -0.15) is 0 Å². The van der Waals surface area contributed by atoms with Gasteiger partial charge in [-0.15, -0.1) is 0 Å². The number of epoxide rings is 12. The summed E-state index contributed by atoms with van der Waals surface area (Å²) in [6.45, 7) is 48.3. The quantitative estimate of drug-likeness (QED) is 0.0236. The Morgan fingerprint density at radius 1 is 0.265 bits per heavy atom. The molecule has 12 fully saturated rings. The molecule has 28 unspecified atom stereocenters. The van der Waals surface area contributed by atoms with Crippen LogP contribution in [0.15, 0.2) is 0 Å². The topological polar surface area (TPSA) is 383 Å². The maximum absolute atomic E-state index is 15.0. The van der Waals surface area contributed by atoms with Gasteiger partial charge in [-0.05, 0) is 150 Å². The summed E-state index contributed by atoms with van der Waals surface area (Å²) in [6, 6.07) is 0. The normalized spacial score (nSPS) is 30.8. The van der Waals surface area contributed by atoms with E-state index in [1.54, 1.807) is 19.6 Å². The highest BCUT2D eigenvalue weighted by Crippen LogP contribution is 2.55. The molecule has 0 bridgehead atoms. The third-order valence-corrected chi connectivity index (χ3v) is 29.5. The number of hydrogen-bond acceptors (Lipinski definition) is 29. The molecule has 136 heavy (non-hydrogen) atoms. The van der Waals surface area contributed by atoms with Crippen LogP contribution in [0.3, 0.4) is 0 Å². The van der Waals surface area contributed by atoms with Gasteiger partial charge in [0.1, 0.15) is 48.8 Å². The van der Waals surface area contributed by atoms with E-state index in [4.69, 9.17) is 99.5 Å². The van der Waals surface area contributed by atoms with Gasteiger partial charge in [0.2, 0.25) is 23.6 Å². The fraction of sp³-hybridized carbons (Fsp3) is 0.922. The first-order chi connectivity index (χ1) is 64.6. The highest BCUT2D eigenvalue weighted by atomic mass is 16.7. The van der Waals surface area contributed by atoms with E-state index in [-0.39, 0.29) is 239 Å². The van der Waals surface area contributed by atoms with Crippen LogP contribution in [-0.2, 0) is 138 Å². The van der Waals surface area contributed by atoms with Crippen molar-refractivity contribution in [2.45, 2.75) is 311 Å². The Balaban J connectivity index is 0.764. The average Bonchev–Trinajstić information content (AvgIpc) is 1.59. The first kappa shape index (κ1) is 110. The Morgan fingerprint density at radius 2 is 0.434 bits per heavy atom. The third kappa shape index (κ3) is 35.0. The lowest BCUT2D eigenvalue weighted by Crippen LogP contribution is -2.44. The molecule has 0 aromatic heterocycles. The largest absolute Gasteiger partial charge is 0.463 e. The van der Waals surface area contributed by atoms with Crippen LogP contribution in [0.4, 0.5) is 0 Å². The second kappa shape index (κ2) is 50.1. The summed E-state index contributed by atoms with van der Waals surface area (Å²) in [5.41, 5.74) is -5.24. The number of nitrogens with zero attached hydrogens (tertiary/aromatic N) is 4. The third-order valence-electron chi connectivity index (χ3n) is 29.5. The Bertz CT molecular complexity index is 3460. The molecule has 778 valence electrons. The average molecular weight is 1930 g/mol. The van der Waals surface area contributed by atoms with Gasteiger partial charge < -0.3 is 119 Å². The molecule has 33 heteroatoms. The zero-order chi connectivity index (χ0) is 98.1. The molecule has 0 radical (unpaired) electrons. The molecule has 0 spiro atoms. The maximum atomic E-state index is 15.0. The lowest BCUT2D eigenvalue weighted by Gasteiger charge is -2.33. The lowest BCUT2D eigenvalue weighted by atomic mass is 9.80. The van der Waals surface area contributed by atoms with Crippen LogP contribution >= 0.6 is 0 Å². The van der Waals surface area contributed by atoms with Gasteiger partial charge >= 0.3 is 23.9 Å². The molecule has 4 amide bonds. The molecule has 12 rings (SSSR count). The van der Waals surface area contributed by atoms with Crippen molar-refractivity contribution in [3.63, 3.8) is 0 Å². The molecule has 0 aliphatic carbocycles. The standard InChI is InChI=1S/C103H172N4O29/c1-63(2)31-67(9)35-71(13)91-99(17,133-91)83(39-87(108)104(43-75-51-125-75)44-76-52-126-76)95(112)121-27-23-116-21-22-117-59-103(60-118-24-28-122-96(113)84(40-88(109)105(45-77-53-127-77)46-78-54-128-78)100(18)92(134-100)72(14)36-68(10)32-64(3)4,61-119-25-29-123-97(114)85(41-89(110)106(47-79-55-129-79)48-80-56-130-80)101(19)93(135-101)73(15)37-69(11)33-65(5)6)62-120-26-30-124-98(115)86(42-90(111)107(49-81-57-131-81)50-82-58-132-82)102(20)94(136-102)74(16)38-70(12)34-66(7)8/h63-86,91-94H,21-62H2,1-20H3. The molecule has 0 N–H and O–H groups in total. The second-order valence-electron chi connectivity index (χ2n) is 45.5. The Morgan fingerprint density at radius 3 is 0.610 bits per heavy atom. The Kier molecular flexibility index (Phi) is 40.4. The molecular weight excluding hydrogens is 1760 g/mol. The SMILES string of the molecule is CC(C)CC(C)CC(C)C1OC1(C)C(CC(=O)N(CC1CO1)CC1CO1)C(=O)OCCOCCOCC(COCCOC(=O)C(CC(=O)N(CC1CO1)CC1CO1)C1(C)OC1C(C)CC(C)CC(C)C)(COCCOC(=O)C(CC(=O)N(CC1CO1)CC1CO1)C1(C)OC1C(C)CC(C)CC(C)C)COCCOC(=O)C(CC(=O)N(CC1CO1)CC1CO1)C1(C)OC1C(C)CC(C)CC(C)C. The van der Waals surface area contributed by atoms with E-state index >= 15 is 0 Å². The summed E-state index contributed by atoms with van der Waals surface area (Å²) in [4.78, 5) is 124. The zero-order valence-corrected chi connectivity index (χ0v) is 86.0. The number of amides is 4. The molecule has 12 saturated heterocycles. The van der Waals surface area contributed by atoms with Gasteiger partial charge in [-0.25, -0.2) is 0 Å². The molecule has 12 heterocycles. The molecule has 0 saturated carbocycles. The predicted molar refractivity (Wildman–Crippen MR) is 500 cm³/mol. The Hall–Kier alpha value is -4.92. The van der Waals surface area contributed by atoms with E-state index in [1.807, 2.05) is 27.7 Å². The van der Waals surface area contributed by atoms with Crippen LogP contribution in [0.25, 0.3) is 0 Å². The fourth-order valence-corrected chi connectivity index (χ4v) is 22.0. The Labute approximate surface area is 810 Å². The lowest BCUT2D eigenvalue weighted by molar-refractivity contribution is -0.160. The monoisotopic (exact) mass is 1930 g/mol. The molecular formula is C103H172N4O29. The van der Waals surface area contributed by atoms with Gasteiger partial charge in [0.15, 0.2) is 0 Å². The molecule has 0 aromatic rings. The first-order valence-electron chi connectivity index (χ1n) is 51.9. The zero-order valence-electron chi connectivity index (χ0n) is 86.0. The number of carbonyl (C=O) groups excluding carboxylic acids is 8. The highest BCUT2D eigenvalue weighted by Gasteiger charge is 2.67. The van der Waals surface area contributed by atoms with E-state index < -0.39 is 75.4 Å². The smallest absolute Gasteiger partial charge is 0.312 e.